The van der Waals surface area contributed by atoms with Crippen molar-refractivity contribution in [2.24, 2.45) is 0 Å². The molecule has 0 aliphatic carbocycles. The number of hydrogen-bond acceptors (Lipinski definition) is 4. The van der Waals surface area contributed by atoms with Crippen molar-refractivity contribution in [3.05, 3.63) is 57.0 Å². The van der Waals surface area contributed by atoms with Crippen LogP contribution >= 0.6 is 22.9 Å². The molecule has 1 amide bonds. The molecule has 2 aromatic rings. The number of nitriles is 1. The summed E-state index contributed by atoms with van der Waals surface area (Å²) < 4.78 is 0. The molecule has 22 heavy (non-hydrogen) atoms. The Bertz CT molecular complexity index is 718. The minimum atomic E-state index is -0.412. The molecule has 0 aliphatic rings. The van der Waals surface area contributed by atoms with E-state index in [1.165, 1.54) is 17.4 Å². The molecule has 1 atom stereocenters. The minimum Gasteiger partial charge on any atom is -0.345 e. The number of nitrogens with one attached hydrogen (secondary N) is 1. The smallest absolute Gasteiger partial charge is 0.262 e. The van der Waals surface area contributed by atoms with Gasteiger partial charge < -0.3 is 5.32 Å². The number of amides is 1. The zero-order chi connectivity index (χ0) is 15.9. The molecule has 0 fully saturated rings. The number of halogens is 1. The zero-order valence-corrected chi connectivity index (χ0v) is 13.5. The number of thiazole rings is 1. The summed E-state index contributed by atoms with van der Waals surface area (Å²) in [5.41, 5.74) is 1.02. The van der Waals surface area contributed by atoms with Crippen molar-refractivity contribution in [1.82, 2.24) is 10.3 Å². The first-order chi connectivity index (χ1) is 10.6. The summed E-state index contributed by atoms with van der Waals surface area (Å²) >= 11 is 7.02. The first-order valence-electron chi connectivity index (χ1n) is 6.72. The van der Waals surface area contributed by atoms with Crippen LogP contribution in [0.4, 0.5) is 0 Å². The van der Waals surface area contributed by atoms with Crippen LogP contribution in [0.2, 0.25) is 5.15 Å². The molecule has 0 bridgehead atoms. The van der Waals surface area contributed by atoms with E-state index in [4.69, 9.17) is 11.6 Å². The number of hydrogen-bond donors (Lipinski definition) is 1. The third-order valence-corrected chi connectivity index (χ3v) is 4.16. The molecule has 0 spiro atoms. The molecular formula is C16H14ClN3OS. The SMILES string of the molecule is CCC(NC(=O)/C(C#N)=C\c1nc(Cl)cs1)c1ccccc1. The van der Waals surface area contributed by atoms with E-state index in [1.54, 1.807) is 5.38 Å². The van der Waals surface area contributed by atoms with Gasteiger partial charge >= 0.3 is 0 Å². The van der Waals surface area contributed by atoms with Crippen molar-refractivity contribution < 1.29 is 4.79 Å². The molecule has 1 aromatic heterocycles. The predicted octanol–water partition coefficient (Wildman–Crippen LogP) is 3.97. The lowest BCUT2D eigenvalue weighted by Gasteiger charge is -2.17. The van der Waals surface area contributed by atoms with Crippen LogP contribution in [0.25, 0.3) is 6.08 Å². The maximum absolute atomic E-state index is 12.3. The van der Waals surface area contributed by atoms with E-state index < -0.39 is 5.91 Å². The van der Waals surface area contributed by atoms with E-state index >= 15 is 0 Å². The monoisotopic (exact) mass is 331 g/mol. The third-order valence-electron chi connectivity index (χ3n) is 3.04. The van der Waals surface area contributed by atoms with Crippen LogP contribution in [0, 0.1) is 11.3 Å². The van der Waals surface area contributed by atoms with Crippen LogP contribution < -0.4 is 5.32 Å². The Balaban J connectivity index is 2.15. The van der Waals surface area contributed by atoms with Crippen molar-refractivity contribution in [3.63, 3.8) is 0 Å². The average molecular weight is 332 g/mol. The highest BCUT2D eigenvalue weighted by atomic mass is 35.5. The van der Waals surface area contributed by atoms with Crippen molar-refractivity contribution in [1.29, 1.82) is 5.26 Å². The number of rotatable bonds is 5. The van der Waals surface area contributed by atoms with E-state index in [1.807, 2.05) is 43.3 Å². The highest BCUT2D eigenvalue weighted by Crippen LogP contribution is 2.19. The second-order valence-electron chi connectivity index (χ2n) is 4.52. The van der Waals surface area contributed by atoms with Gasteiger partial charge in [-0.05, 0) is 18.1 Å². The van der Waals surface area contributed by atoms with Crippen LogP contribution in [-0.2, 0) is 4.79 Å². The van der Waals surface area contributed by atoms with Crippen LogP contribution in [0.15, 0.2) is 41.3 Å². The first-order valence-corrected chi connectivity index (χ1v) is 7.98. The van der Waals surface area contributed by atoms with Gasteiger partial charge in [-0.3, -0.25) is 4.79 Å². The third kappa shape index (κ3) is 4.17. The molecule has 1 heterocycles. The van der Waals surface area contributed by atoms with Gasteiger partial charge in [-0.25, -0.2) is 4.98 Å². The Hall–Kier alpha value is -2.16. The highest BCUT2D eigenvalue weighted by Gasteiger charge is 2.16. The lowest BCUT2D eigenvalue weighted by atomic mass is 10.0. The van der Waals surface area contributed by atoms with Crippen LogP contribution in [0.5, 0.6) is 0 Å². The van der Waals surface area contributed by atoms with E-state index in [2.05, 4.69) is 10.3 Å². The zero-order valence-electron chi connectivity index (χ0n) is 11.9. The molecule has 0 radical (unpaired) electrons. The molecule has 0 saturated heterocycles. The summed E-state index contributed by atoms with van der Waals surface area (Å²) in [5, 5.41) is 14.6. The summed E-state index contributed by atoms with van der Waals surface area (Å²) in [6.07, 6.45) is 2.18. The summed E-state index contributed by atoms with van der Waals surface area (Å²) in [7, 11) is 0. The number of carbonyl (C=O) groups is 1. The van der Waals surface area contributed by atoms with Gasteiger partial charge in [0.25, 0.3) is 5.91 Å². The fraction of sp³-hybridized carbons (Fsp3) is 0.188. The molecular weight excluding hydrogens is 318 g/mol. The van der Waals surface area contributed by atoms with E-state index in [0.29, 0.717) is 10.2 Å². The summed E-state index contributed by atoms with van der Waals surface area (Å²) in [6.45, 7) is 1.98. The standard InChI is InChI=1S/C16H14ClN3OS/c1-2-13(11-6-4-3-5-7-11)19-16(21)12(9-18)8-15-20-14(17)10-22-15/h3-8,10,13H,2H2,1H3,(H,19,21)/b12-8-. The van der Waals surface area contributed by atoms with Crippen LogP contribution in [0.3, 0.4) is 0 Å². The lowest BCUT2D eigenvalue weighted by molar-refractivity contribution is -0.117. The number of benzene rings is 1. The Morgan fingerprint density at radius 1 is 1.50 bits per heavy atom. The Labute approximate surface area is 138 Å². The predicted molar refractivity (Wildman–Crippen MR) is 88.3 cm³/mol. The summed E-state index contributed by atoms with van der Waals surface area (Å²) in [5.74, 6) is -0.412. The molecule has 1 unspecified atom stereocenters. The quantitative estimate of drug-likeness (QED) is 0.666. The van der Waals surface area contributed by atoms with Crippen LogP contribution in [-0.4, -0.2) is 10.9 Å². The highest BCUT2D eigenvalue weighted by molar-refractivity contribution is 7.11. The van der Waals surface area contributed by atoms with Crippen molar-refractivity contribution in [2.45, 2.75) is 19.4 Å². The van der Waals surface area contributed by atoms with Gasteiger partial charge in [-0.2, -0.15) is 5.26 Å². The van der Waals surface area contributed by atoms with Gasteiger partial charge in [-0.1, -0.05) is 48.9 Å². The van der Waals surface area contributed by atoms with Crippen molar-refractivity contribution >= 4 is 34.9 Å². The summed E-state index contributed by atoms with van der Waals surface area (Å²) in [6, 6.07) is 11.4. The maximum Gasteiger partial charge on any atom is 0.262 e. The maximum atomic E-state index is 12.3. The Morgan fingerprint density at radius 2 is 2.23 bits per heavy atom. The fourth-order valence-corrected chi connectivity index (χ4v) is 2.83. The fourth-order valence-electron chi connectivity index (χ4n) is 1.95. The first kappa shape index (κ1) is 16.2. The lowest BCUT2D eigenvalue weighted by Crippen LogP contribution is -2.29. The second-order valence-corrected chi connectivity index (χ2v) is 5.80. The molecule has 6 heteroatoms. The number of carbonyl (C=O) groups excluding carboxylic acids is 1. The second kappa shape index (κ2) is 7.74. The molecule has 1 N–H and O–H groups in total. The largest absolute Gasteiger partial charge is 0.345 e. The van der Waals surface area contributed by atoms with Crippen molar-refractivity contribution in [2.75, 3.05) is 0 Å². The molecule has 0 saturated carbocycles. The molecule has 0 aliphatic heterocycles. The number of aromatic nitrogens is 1. The van der Waals surface area contributed by atoms with E-state index in [-0.39, 0.29) is 11.6 Å². The van der Waals surface area contributed by atoms with Gasteiger partial charge in [0.1, 0.15) is 21.8 Å². The summed E-state index contributed by atoms with van der Waals surface area (Å²) in [4.78, 5) is 16.3. The van der Waals surface area contributed by atoms with Gasteiger partial charge in [0.15, 0.2) is 0 Å². The normalized spacial score (nSPS) is 12.5. The van der Waals surface area contributed by atoms with E-state index in [9.17, 15) is 10.1 Å². The van der Waals surface area contributed by atoms with Crippen LogP contribution in [0.1, 0.15) is 30.0 Å². The van der Waals surface area contributed by atoms with Gasteiger partial charge in [0.2, 0.25) is 0 Å². The molecule has 1 aromatic carbocycles. The van der Waals surface area contributed by atoms with Crippen molar-refractivity contribution in [3.8, 4) is 6.07 Å². The Morgan fingerprint density at radius 3 is 2.77 bits per heavy atom. The molecule has 112 valence electrons. The minimum absolute atomic E-state index is 0.0143. The van der Waals surface area contributed by atoms with Gasteiger partial charge in [-0.15, -0.1) is 11.3 Å². The Kier molecular flexibility index (Phi) is 5.70. The molecule has 2 rings (SSSR count). The average Bonchev–Trinajstić information content (AvgIpc) is 2.96. The molecule has 4 nitrogen and oxygen atoms in total. The topological polar surface area (TPSA) is 65.8 Å². The van der Waals surface area contributed by atoms with E-state index in [0.717, 1.165) is 12.0 Å². The van der Waals surface area contributed by atoms with Gasteiger partial charge in [0.05, 0.1) is 6.04 Å². The van der Waals surface area contributed by atoms with Gasteiger partial charge in [0, 0.05) is 5.38 Å². The number of nitrogens with zero attached hydrogens (tertiary/aromatic N) is 2.